The Labute approximate surface area is 101 Å². The summed E-state index contributed by atoms with van der Waals surface area (Å²) < 4.78 is 2.05. The van der Waals surface area contributed by atoms with Crippen LogP contribution in [0, 0.1) is 0 Å². The van der Waals surface area contributed by atoms with Gasteiger partial charge in [0.2, 0.25) is 0 Å². The molecule has 1 unspecified atom stereocenters. The highest BCUT2D eigenvalue weighted by atomic mass is 79.9. The van der Waals surface area contributed by atoms with Crippen LogP contribution in [-0.4, -0.2) is 0 Å². The summed E-state index contributed by atoms with van der Waals surface area (Å²) in [7, 11) is 0. The smallest absolute Gasteiger partial charge is 0.0676 e. The minimum atomic E-state index is -0.0260. The third kappa shape index (κ3) is 2.67. The molecule has 0 fully saturated rings. The number of nitrogens with one attached hydrogen (secondary N) is 1. The molecule has 1 atom stereocenters. The van der Waals surface area contributed by atoms with E-state index in [1.165, 1.54) is 0 Å². The minimum Gasteiger partial charge on any atom is -0.271 e. The van der Waals surface area contributed by atoms with Gasteiger partial charge >= 0.3 is 0 Å². The lowest BCUT2D eigenvalue weighted by molar-refractivity contribution is 0.624. The molecular weight excluding hydrogens is 308 g/mol. The van der Waals surface area contributed by atoms with Crippen LogP contribution in [0.25, 0.3) is 0 Å². The lowest BCUT2D eigenvalue weighted by atomic mass is 10.0. The van der Waals surface area contributed by atoms with Crippen molar-refractivity contribution in [2.75, 3.05) is 0 Å². The Kier molecular flexibility index (Phi) is 4.31. The van der Waals surface area contributed by atoms with Crippen LogP contribution in [0.15, 0.2) is 39.3 Å². The van der Waals surface area contributed by atoms with Gasteiger partial charge < -0.3 is 0 Å². The summed E-state index contributed by atoms with van der Waals surface area (Å²) in [6.45, 7) is 5.84. The maximum atomic E-state index is 5.48. The number of hydrogen-bond donors (Lipinski definition) is 2. The number of hydrazine groups is 1. The molecule has 0 aliphatic carbocycles. The lowest BCUT2D eigenvalue weighted by Crippen LogP contribution is -2.28. The van der Waals surface area contributed by atoms with E-state index in [1.54, 1.807) is 0 Å². The molecule has 3 N–H and O–H groups in total. The van der Waals surface area contributed by atoms with E-state index in [9.17, 15) is 0 Å². The number of halogens is 2. The fourth-order valence-electron chi connectivity index (χ4n) is 1.23. The maximum Gasteiger partial charge on any atom is 0.0676 e. The molecule has 1 rings (SSSR count). The van der Waals surface area contributed by atoms with Crippen molar-refractivity contribution in [2.45, 2.75) is 13.0 Å². The third-order valence-electron chi connectivity index (χ3n) is 1.93. The van der Waals surface area contributed by atoms with Crippen LogP contribution in [0.2, 0.25) is 0 Å². The van der Waals surface area contributed by atoms with Crippen LogP contribution in [0.3, 0.4) is 0 Å². The zero-order valence-electron chi connectivity index (χ0n) is 7.85. The van der Waals surface area contributed by atoms with Gasteiger partial charge in [-0.1, -0.05) is 44.0 Å². The zero-order valence-corrected chi connectivity index (χ0v) is 11.0. The molecule has 1 aromatic carbocycles. The fourth-order valence-corrected chi connectivity index (χ4v) is 2.09. The largest absolute Gasteiger partial charge is 0.271 e. The minimum absolute atomic E-state index is 0.0260. The molecule has 4 heteroatoms. The van der Waals surface area contributed by atoms with Gasteiger partial charge in [-0.15, -0.1) is 0 Å². The van der Waals surface area contributed by atoms with Crippen molar-refractivity contribution in [1.29, 1.82) is 0 Å². The standard InChI is InChI=1S/C10H12Br2N2/c1-6(2)10(14-13)8-5-7(11)3-4-9(8)12/h3-5,10,14H,1,13H2,2H3. The second kappa shape index (κ2) is 5.07. The molecule has 0 heterocycles. The molecule has 0 amide bonds. The van der Waals surface area contributed by atoms with Gasteiger partial charge in [0.15, 0.2) is 0 Å². The zero-order chi connectivity index (χ0) is 10.7. The summed E-state index contributed by atoms with van der Waals surface area (Å²) in [5.41, 5.74) is 4.79. The van der Waals surface area contributed by atoms with Gasteiger partial charge in [0.05, 0.1) is 6.04 Å². The molecular formula is C10H12Br2N2. The van der Waals surface area contributed by atoms with E-state index < -0.39 is 0 Å². The molecule has 0 bridgehead atoms. The number of benzene rings is 1. The van der Waals surface area contributed by atoms with Crippen molar-refractivity contribution < 1.29 is 0 Å². The first-order chi connectivity index (χ1) is 6.56. The van der Waals surface area contributed by atoms with E-state index in [1.807, 2.05) is 25.1 Å². The first kappa shape index (κ1) is 11.9. The Morgan fingerprint density at radius 3 is 2.64 bits per heavy atom. The molecule has 0 aliphatic rings. The van der Waals surface area contributed by atoms with Crippen LogP contribution >= 0.6 is 31.9 Å². The van der Waals surface area contributed by atoms with Crippen molar-refractivity contribution in [3.8, 4) is 0 Å². The monoisotopic (exact) mass is 318 g/mol. The van der Waals surface area contributed by atoms with E-state index in [4.69, 9.17) is 5.84 Å². The molecule has 1 aromatic rings. The highest BCUT2D eigenvalue weighted by Gasteiger charge is 2.13. The normalized spacial score (nSPS) is 12.6. The predicted octanol–water partition coefficient (Wildman–Crippen LogP) is 3.29. The van der Waals surface area contributed by atoms with Crippen molar-refractivity contribution in [3.05, 3.63) is 44.9 Å². The van der Waals surface area contributed by atoms with Crippen molar-refractivity contribution in [3.63, 3.8) is 0 Å². The maximum absolute atomic E-state index is 5.48. The van der Waals surface area contributed by atoms with E-state index >= 15 is 0 Å². The second-order valence-corrected chi connectivity index (χ2v) is 4.88. The molecule has 2 nitrogen and oxygen atoms in total. The van der Waals surface area contributed by atoms with E-state index in [0.717, 1.165) is 20.1 Å². The van der Waals surface area contributed by atoms with Crippen molar-refractivity contribution in [2.24, 2.45) is 5.84 Å². The molecule has 0 saturated heterocycles. The number of hydrogen-bond acceptors (Lipinski definition) is 2. The van der Waals surface area contributed by atoms with Crippen LogP contribution < -0.4 is 11.3 Å². The van der Waals surface area contributed by atoms with Crippen LogP contribution in [-0.2, 0) is 0 Å². The molecule has 0 aliphatic heterocycles. The summed E-state index contributed by atoms with van der Waals surface area (Å²) in [4.78, 5) is 0. The van der Waals surface area contributed by atoms with E-state index in [0.29, 0.717) is 0 Å². The molecule has 0 aromatic heterocycles. The highest BCUT2D eigenvalue weighted by molar-refractivity contribution is 9.11. The lowest BCUT2D eigenvalue weighted by Gasteiger charge is -2.18. The first-order valence-corrected chi connectivity index (χ1v) is 5.71. The summed E-state index contributed by atoms with van der Waals surface area (Å²) in [5, 5.41) is 0. The predicted molar refractivity (Wildman–Crippen MR) is 66.7 cm³/mol. The summed E-state index contributed by atoms with van der Waals surface area (Å²) in [6.07, 6.45) is 0. The van der Waals surface area contributed by atoms with Gasteiger partial charge in [-0.25, -0.2) is 5.43 Å². The SMILES string of the molecule is C=C(C)C(NN)c1cc(Br)ccc1Br. The Balaban J connectivity index is 3.15. The van der Waals surface area contributed by atoms with Gasteiger partial charge in [0, 0.05) is 8.95 Å². The number of nitrogens with two attached hydrogens (primary N) is 1. The van der Waals surface area contributed by atoms with Gasteiger partial charge in [-0.3, -0.25) is 5.84 Å². The summed E-state index contributed by atoms with van der Waals surface area (Å²) in [6, 6.07) is 5.94. The average molecular weight is 320 g/mol. The Bertz CT molecular complexity index is 350. The fraction of sp³-hybridized carbons (Fsp3) is 0.200. The average Bonchev–Trinajstić information content (AvgIpc) is 2.11. The van der Waals surface area contributed by atoms with E-state index in [2.05, 4.69) is 43.9 Å². The van der Waals surface area contributed by atoms with E-state index in [-0.39, 0.29) is 6.04 Å². The molecule has 0 spiro atoms. The second-order valence-electron chi connectivity index (χ2n) is 3.11. The summed E-state index contributed by atoms with van der Waals surface area (Å²) >= 11 is 6.91. The Hall–Kier alpha value is -0.160. The first-order valence-electron chi connectivity index (χ1n) is 4.12. The number of rotatable bonds is 3. The third-order valence-corrected chi connectivity index (χ3v) is 3.14. The molecule has 14 heavy (non-hydrogen) atoms. The Morgan fingerprint density at radius 2 is 2.14 bits per heavy atom. The quantitative estimate of drug-likeness (QED) is 0.509. The van der Waals surface area contributed by atoms with Gasteiger partial charge in [-0.05, 0) is 30.7 Å². The van der Waals surface area contributed by atoms with Crippen LogP contribution in [0.1, 0.15) is 18.5 Å². The van der Waals surface area contributed by atoms with Gasteiger partial charge in [0.25, 0.3) is 0 Å². The molecule has 0 radical (unpaired) electrons. The highest BCUT2D eigenvalue weighted by Crippen LogP contribution is 2.29. The van der Waals surface area contributed by atoms with Crippen LogP contribution in [0.4, 0.5) is 0 Å². The molecule has 76 valence electrons. The Morgan fingerprint density at radius 1 is 1.50 bits per heavy atom. The topological polar surface area (TPSA) is 38.0 Å². The van der Waals surface area contributed by atoms with Crippen molar-refractivity contribution in [1.82, 2.24) is 5.43 Å². The van der Waals surface area contributed by atoms with Crippen LogP contribution in [0.5, 0.6) is 0 Å². The molecule has 0 saturated carbocycles. The van der Waals surface area contributed by atoms with Gasteiger partial charge in [-0.2, -0.15) is 0 Å². The van der Waals surface area contributed by atoms with Crippen molar-refractivity contribution >= 4 is 31.9 Å². The van der Waals surface area contributed by atoms with Gasteiger partial charge in [0.1, 0.15) is 0 Å². The summed E-state index contributed by atoms with van der Waals surface area (Å²) in [5.74, 6) is 5.48.